The number of carbonyl (C=O) groups excluding carboxylic acids is 1. The predicted molar refractivity (Wildman–Crippen MR) is 87.9 cm³/mol. The lowest BCUT2D eigenvalue weighted by Crippen LogP contribution is -2.49. The van der Waals surface area contributed by atoms with Crippen molar-refractivity contribution in [1.29, 1.82) is 0 Å². The average Bonchev–Trinajstić information content (AvgIpc) is 3.22. The molecule has 1 aromatic heterocycles. The van der Waals surface area contributed by atoms with Gasteiger partial charge in [0.2, 0.25) is 11.8 Å². The zero-order valence-corrected chi connectivity index (χ0v) is 14.7. The molecular formula is C18H29N3O2. The van der Waals surface area contributed by atoms with Gasteiger partial charge in [-0.25, -0.2) is 0 Å². The van der Waals surface area contributed by atoms with Gasteiger partial charge in [0.15, 0.2) is 5.82 Å². The first-order valence-electron chi connectivity index (χ1n) is 9.07. The molecule has 0 spiro atoms. The van der Waals surface area contributed by atoms with Crippen LogP contribution in [0.15, 0.2) is 4.52 Å². The van der Waals surface area contributed by atoms with Gasteiger partial charge in [-0.1, -0.05) is 31.8 Å². The van der Waals surface area contributed by atoms with Crippen molar-refractivity contribution in [2.24, 2.45) is 11.8 Å². The maximum absolute atomic E-state index is 12.6. The van der Waals surface area contributed by atoms with E-state index in [0.717, 1.165) is 50.5 Å². The van der Waals surface area contributed by atoms with E-state index in [1.165, 1.54) is 12.8 Å². The topological polar surface area (TPSA) is 59.2 Å². The van der Waals surface area contributed by atoms with Crippen molar-refractivity contribution in [1.82, 2.24) is 15.0 Å². The molecule has 1 atom stereocenters. The Morgan fingerprint density at radius 3 is 2.83 bits per heavy atom. The fraction of sp³-hybridized carbons (Fsp3) is 0.833. The molecule has 23 heavy (non-hydrogen) atoms. The summed E-state index contributed by atoms with van der Waals surface area (Å²) in [5, 5.41) is 4.24. The van der Waals surface area contributed by atoms with Crippen LogP contribution in [0.5, 0.6) is 0 Å². The SMILES string of the molecule is Cc1nc(C2(CC3CC3)CCCN(C(=O)CCC(C)C)C2)no1. The number of hydrogen-bond acceptors (Lipinski definition) is 4. The lowest BCUT2D eigenvalue weighted by atomic mass is 9.74. The third kappa shape index (κ3) is 3.93. The summed E-state index contributed by atoms with van der Waals surface area (Å²) < 4.78 is 5.25. The first-order chi connectivity index (χ1) is 11.0. The Morgan fingerprint density at radius 2 is 2.22 bits per heavy atom. The molecule has 5 nitrogen and oxygen atoms in total. The fourth-order valence-electron chi connectivity index (χ4n) is 3.74. The third-order valence-corrected chi connectivity index (χ3v) is 5.24. The Labute approximate surface area is 138 Å². The highest BCUT2D eigenvalue weighted by Gasteiger charge is 2.45. The molecule has 1 aliphatic carbocycles. The van der Waals surface area contributed by atoms with Gasteiger partial charge < -0.3 is 9.42 Å². The van der Waals surface area contributed by atoms with E-state index in [1.54, 1.807) is 0 Å². The number of piperidine rings is 1. The van der Waals surface area contributed by atoms with Crippen LogP contribution in [-0.4, -0.2) is 34.0 Å². The van der Waals surface area contributed by atoms with E-state index in [1.807, 2.05) is 6.92 Å². The van der Waals surface area contributed by atoms with Crippen LogP contribution in [0.1, 0.15) is 70.5 Å². The maximum atomic E-state index is 12.6. The molecule has 1 saturated heterocycles. The van der Waals surface area contributed by atoms with Gasteiger partial charge in [0.25, 0.3) is 0 Å². The van der Waals surface area contributed by atoms with E-state index in [4.69, 9.17) is 4.52 Å². The minimum Gasteiger partial charge on any atom is -0.342 e. The van der Waals surface area contributed by atoms with E-state index in [0.29, 0.717) is 24.1 Å². The highest BCUT2D eigenvalue weighted by Crippen LogP contribution is 2.45. The third-order valence-electron chi connectivity index (χ3n) is 5.24. The molecule has 2 fully saturated rings. The van der Waals surface area contributed by atoms with E-state index < -0.39 is 0 Å². The molecule has 1 aromatic rings. The summed E-state index contributed by atoms with van der Waals surface area (Å²) in [6.07, 6.45) is 7.43. The summed E-state index contributed by atoms with van der Waals surface area (Å²) in [6, 6.07) is 0. The Kier molecular flexibility index (Phi) is 4.74. The second kappa shape index (κ2) is 6.62. The van der Waals surface area contributed by atoms with Crippen LogP contribution in [0, 0.1) is 18.8 Å². The number of rotatable bonds is 6. The normalized spacial score (nSPS) is 25.1. The molecule has 0 N–H and O–H groups in total. The molecule has 0 aromatic carbocycles. The first-order valence-corrected chi connectivity index (χ1v) is 9.07. The van der Waals surface area contributed by atoms with Gasteiger partial charge >= 0.3 is 0 Å². The van der Waals surface area contributed by atoms with Crippen LogP contribution in [0.4, 0.5) is 0 Å². The fourth-order valence-corrected chi connectivity index (χ4v) is 3.74. The minimum atomic E-state index is -0.0926. The molecule has 5 heteroatoms. The smallest absolute Gasteiger partial charge is 0.223 e. The maximum Gasteiger partial charge on any atom is 0.223 e. The van der Waals surface area contributed by atoms with Gasteiger partial charge in [-0.3, -0.25) is 4.79 Å². The summed E-state index contributed by atoms with van der Waals surface area (Å²) in [7, 11) is 0. The summed E-state index contributed by atoms with van der Waals surface area (Å²) in [4.78, 5) is 19.2. The highest BCUT2D eigenvalue weighted by atomic mass is 16.5. The molecule has 1 unspecified atom stereocenters. The van der Waals surface area contributed by atoms with E-state index >= 15 is 0 Å². The van der Waals surface area contributed by atoms with Crippen molar-refractivity contribution >= 4 is 5.91 Å². The summed E-state index contributed by atoms with van der Waals surface area (Å²) in [5.74, 6) is 3.08. The van der Waals surface area contributed by atoms with Crippen molar-refractivity contribution in [3.05, 3.63) is 11.7 Å². The summed E-state index contributed by atoms with van der Waals surface area (Å²) in [5.41, 5.74) is -0.0926. The van der Waals surface area contributed by atoms with Crippen LogP contribution in [-0.2, 0) is 10.2 Å². The number of nitrogens with zero attached hydrogens (tertiary/aromatic N) is 3. The van der Waals surface area contributed by atoms with E-state index in [-0.39, 0.29) is 5.41 Å². The van der Waals surface area contributed by atoms with Crippen molar-refractivity contribution in [3.63, 3.8) is 0 Å². The Morgan fingerprint density at radius 1 is 1.43 bits per heavy atom. The molecule has 1 saturated carbocycles. The van der Waals surface area contributed by atoms with Gasteiger partial charge in [0, 0.05) is 26.4 Å². The van der Waals surface area contributed by atoms with Crippen LogP contribution in [0.2, 0.25) is 0 Å². The van der Waals surface area contributed by atoms with Crippen LogP contribution >= 0.6 is 0 Å². The highest BCUT2D eigenvalue weighted by molar-refractivity contribution is 5.76. The van der Waals surface area contributed by atoms with Crippen LogP contribution in [0.25, 0.3) is 0 Å². The van der Waals surface area contributed by atoms with Crippen molar-refractivity contribution in [3.8, 4) is 0 Å². The van der Waals surface area contributed by atoms with Crippen molar-refractivity contribution < 1.29 is 9.32 Å². The largest absolute Gasteiger partial charge is 0.342 e. The van der Waals surface area contributed by atoms with E-state index in [9.17, 15) is 4.79 Å². The van der Waals surface area contributed by atoms with Crippen LogP contribution in [0.3, 0.4) is 0 Å². The van der Waals surface area contributed by atoms with E-state index in [2.05, 4.69) is 28.9 Å². The zero-order valence-electron chi connectivity index (χ0n) is 14.7. The standard InChI is InChI=1S/C18H29N3O2/c1-13(2)5-8-16(22)21-10-4-9-18(12-21,11-15-6-7-15)17-19-14(3)23-20-17/h13,15H,4-12H2,1-3H3. The number of likely N-dealkylation sites (tertiary alicyclic amines) is 1. The van der Waals surface area contributed by atoms with Crippen molar-refractivity contribution in [2.75, 3.05) is 13.1 Å². The van der Waals surface area contributed by atoms with Gasteiger partial charge in [-0.2, -0.15) is 4.98 Å². The number of carbonyl (C=O) groups is 1. The molecule has 0 bridgehead atoms. The van der Waals surface area contributed by atoms with Gasteiger partial charge in [-0.05, 0) is 37.5 Å². The Hall–Kier alpha value is -1.39. The molecule has 3 rings (SSSR count). The molecule has 2 aliphatic rings. The lowest BCUT2D eigenvalue weighted by molar-refractivity contribution is -0.134. The quantitative estimate of drug-likeness (QED) is 0.805. The van der Waals surface area contributed by atoms with Crippen molar-refractivity contribution in [2.45, 2.75) is 71.1 Å². The van der Waals surface area contributed by atoms with Crippen LogP contribution < -0.4 is 0 Å². The molecule has 0 radical (unpaired) electrons. The predicted octanol–water partition coefficient (Wildman–Crippen LogP) is 3.47. The average molecular weight is 319 g/mol. The zero-order chi connectivity index (χ0) is 16.4. The van der Waals surface area contributed by atoms with Gasteiger partial charge in [-0.15, -0.1) is 0 Å². The number of aryl methyl sites for hydroxylation is 1. The number of amides is 1. The molecule has 1 amide bonds. The first kappa shape index (κ1) is 16.5. The lowest BCUT2D eigenvalue weighted by Gasteiger charge is -2.41. The summed E-state index contributed by atoms with van der Waals surface area (Å²) >= 11 is 0. The molecule has 128 valence electrons. The second-order valence-corrected chi connectivity index (χ2v) is 7.92. The van der Waals surface area contributed by atoms with Gasteiger partial charge in [0.05, 0.1) is 5.41 Å². The molecule has 1 aliphatic heterocycles. The van der Waals surface area contributed by atoms with Gasteiger partial charge in [0.1, 0.15) is 0 Å². The Balaban J connectivity index is 1.75. The molecule has 2 heterocycles. The minimum absolute atomic E-state index is 0.0926. The summed E-state index contributed by atoms with van der Waals surface area (Å²) in [6.45, 7) is 7.82. The monoisotopic (exact) mass is 319 g/mol. The Bertz CT molecular complexity index is 550. The second-order valence-electron chi connectivity index (χ2n) is 7.92. The molecular weight excluding hydrogens is 290 g/mol. The number of aromatic nitrogens is 2. The number of hydrogen-bond donors (Lipinski definition) is 0.